The minimum atomic E-state index is -0.999. The van der Waals surface area contributed by atoms with Gasteiger partial charge in [-0.25, -0.2) is 4.79 Å². The van der Waals surface area contributed by atoms with Gasteiger partial charge in [0, 0.05) is 6.04 Å². The van der Waals surface area contributed by atoms with Crippen LogP contribution in [-0.2, 0) is 14.3 Å². The highest BCUT2D eigenvalue weighted by Crippen LogP contribution is 2.47. The molecular formula is C19H24N2O4. The first kappa shape index (κ1) is 17.5. The van der Waals surface area contributed by atoms with Crippen molar-refractivity contribution < 1.29 is 19.1 Å². The first-order valence-electron chi connectivity index (χ1n) is 8.86. The summed E-state index contributed by atoms with van der Waals surface area (Å²) in [4.78, 5) is 37.2. The third-order valence-electron chi connectivity index (χ3n) is 5.14. The van der Waals surface area contributed by atoms with Crippen molar-refractivity contribution in [2.45, 2.75) is 51.0 Å². The van der Waals surface area contributed by atoms with Crippen LogP contribution in [-0.4, -0.2) is 30.9 Å². The Morgan fingerprint density at radius 1 is 1.04 bits per heavy atom. The summed E-state index contributed by atoms with van der Waals surface area (Å²) in [6.45, 7) is 0. The van der Waals surface area contributed by atoms with E-state index in [0.29, 0.717) is 18.5 Å². The van der Waals surface area contributed by atoms with Gasteiger partial charge in [0.25, 0.3) is 0 Å². The fraction of sp³-hybridized carbons (Fsp3) is 0.526. The van der Waals surface area contributed by atoms with E-state index in [4.69, 9.17) is 4.74 Å². The zero-order valence-electron chi connectivity index (χ0n) is 14.5. The van der Waals surface area contributed by atoms with Crippen LogP contribution in [0.15, 0.2) is 24.3 Å². The van der Waals surface area contributed by atoms with Crippen molar-refractivity contribution in [2.24, 2.45) is 5.41 Å². The Morgan fingerprint density at radius 3 is 2.36 bits per heavy atom. The van der Waals surface area contributed by atoms with Gasteiger partial charge in [0.2, 0.25) is 11.8 Å². The summed E-state index contributed by atoms with van der Waals surface area (Å²) in [5, 5.41) is 5.79. The van der Waals surface area contributed by atoms with Crippen molar-refractivity contribution in [3.05, 3.63) is 29.8 Å². The van der Waals surface area contributed by atoms with E-state index in [1.807, 2.05) is 0 Å². The van der Waals surface area contributed by atoms with Gasteiger partial charge >= 0.3 is 5.97 Å². The van der Waals surface area contributed by atoms with Gasteiger partial charge in [-0.2, -0.15) is 0 Å². The first-order chi connectivity index (χ1) is 12.1. The second-order valence-corrected chi connectivity index (χ2v) is 6.88. The van der Waals surface area contributed by atoms with Crippen molar-refractivity contribution in [3.63, 3.8) is 0 Å². The number of hydrogen-bond acceptors (Lipinski definition) is 4. The number of benzene rings is 1. The summed E-state index contributed by atoms with van der Waals surface area (Å²) in [6, 6.07) is 6.82. The normalized spacial score (nSPS) is 18.9. The maximum Gasteiger partial charge on any atom is 0.339 e. The van der Waals surface area contributed by atoms with Gasteiger partial charge in [-0.15, -0.1) is 0 Å². The number of anilines is 1. The predicted molar refractivity (Wildman–Crippen MR) is 93.1 cm³/mol. The minimum Gasteiger partial charge on any atom is -0.465 e. The van der Waals surface area contributed by atoms with Crippen molar-refractivity contribution >= 4 is 23.5 Å². The molecule has 2 aliphatic rings. The number of carbonyl (C=O) groups is 3. The van der Waals surface area contributed by atoms with Crippen molar-refractivity contribution in [1.29, 1.82) is 0 Å². The zero-order valence-corrected chi connectivity index (χ0v) is 14.5. The molecule has 0 heterocycles. The van der Waals surface area contributed by atoms with E-state index in [2.05, 4.69) is 10.6 Å². The standard InChI is InChI=1S/C19H24N2O4/c1-25-16(22)14-9-5-6-10-15(14)21-18(24)19(11-12-19)17(23)20-13-7-3-2-4-8-13/h5-6,9-10,13H,2-4,7-8,11-12H2,1H3,(H,20,23)(H,21,24). The Bertz CT molecular complexity index is 676. The number of esters is 1. The molecule has 0 atom stereocenters. The number of methoxy groups -OCH3 is 1. The van der Waals surface area contributed by atoms with Gasteiger partial charge < -0.3 is 15.4 Å². The average Bonchev–Trinajstić information content (AvgIpc) is 3.44. The summed E-state index contributed by atoms with van der Waals surface area (Å²) in [5.74, 6) is -1.06. The number of rotatable bonds is 5. The Morgan fingerprint density at radius 2 is 1.72 bits per heavy atom. The SMILES string of the molecule is COC(=O)c1ccccc1NC(=O)C1(C(=O)NC2CCCCC2)CC1. The van der Waals surface area contributed by atoms with Crippen LogP contribution >= 0.6 is 0 Å². The van der Waals surface area contributed by atoms with E-state index in [1.54, 1.807) is 24.3 Å². The lowest BCUT2D eigenvalue weighted by molar-refractivity contribution is -0.135. The van der Waals surface area contributed by atoms with E-state index in [1.165, 1.54) is 13.5 Å². The second-order valence-electron chi connectivity index (χ2n) is 6.88. The molecule has 0 radical (unpaired) electrons. The fourth-order valence-electron chi connectivity index (χ4n) is 3.37. The van der Waals surface area contributed by atoms with Crippen molar-refractivity contribution in [2.75, 3.05) is 12.4 Å². The molecule has 0 unspecified atom stereocenters. The Labute approximate surface area is 147 Å². The van der Waals surface area contributed by atoms with E-state index < -0.39 is 11.4 Å². The Balaban J connectivity index is 1.68. The Kier molecular flexibility index (Phi) is 5.06. The quantitative estimate of drug-likeness (QED) is 0.635. The highest BCUT2D eigenvalue weighted by Gasteiger charge is 2.56. The average molecular weight is 344 g/mol. The molecule has 0 aliphatic heterocycles. The van der Waals surface area contributed by atoms with E-state index in [0.717, 1.165) is 25.7 Å². The number of hydrogen-bond donors (Lipinski definition) is 2. The molecule has 1 aromatic rings. The summed E-state index contributed by atoms with van der Waals surface area (Å²) < 4.78 is 4.74. The summed E-state index contributed by atoms with van der Waals surface area (Å²) >= 11 is 0. The third kappa shape index (κ3) is 3.67. The van der Waals surface area contributed by atoms with E-state index in [9.17, 15) is 14.4 Å². The molecule has 0 bridgehead atoms. The van der Waals surface area contributed by atoms with Crippen LogP contribution in [0.3, 0.4) is 0 Å². The van der Waals surface area contributed by atoms with Crippen LogP contribution in [0.25, 0.3) is 0 Å². The molecular weight excluding hydrogens is 320 g/mol. The lowest BCUT2D eigenvalue weighted by Crippen LogP contribution is -2.45. The monoisotopic (exact) mass is 344 g/mol. The van der Waals surface area contributed by atoms with E-state index in [-0.39, 0.29) is 23.4 Å². The number of para-hydroxylation sites is 1. The van der Waals surface area contributed by atoms with Crippen LogP contribution in [0.5, 0.6) is 0 Å². The maximum absolute atomic E-state index is 12.7. The number of nitrogens with one attached hydrogen (secondary N) is 2. The van der Waals surface area contributed by atoms with Crippen LogP contribution in [0.2, 0.25) is 0 Å². The molecule has 2 fully saturated rings. The largest absolute Gasteiger partial charge is 0.465 e. The van der Waals surface area contributed by atoms with Crippen LogP contribution in [0, 0.1) is 5.41 Å². The maximum atomic E-state index is 12.7. The molecule has 6 nitrogen and oxygen atoms in total. The van der Waals surface area contributed by atoms with Crippen LogP contribution in [0.4, 0.5) is 5.69 Å². The molecule has 3 rings (SSSR count). The van der Waals surface area contributed by atoms with Gasteiger partial charge in [-0.3, -0.25) is 9.59 Å². The van der Waals surface area contributed by atoms with Crippen molar-refractivity contribution in [1.82, 2.24) is 5.32 Å². The van der Waals surface area contributed by atoms with Gasteiger partial charge in [0.1, 0.15) is 5.41 Å². The fourth-order valence-corrected chi connectivity index (χ4v) is 3.37. The lowest BCUT2D eigenvalue weighted by Gasteiger charge is -2.25. The van der Waals surface area contributed by atoms with Gasteiger partial charge in [0.05, 0.1) is 18.4 Å². The molecule has 0 spiro atoms. The highest BCUT2D eigenvalue weighted by molar-refractivity contribution is 6.14. The number of ether oxygens (including phenoxy) is 1. The molecule has 2 saturated carbocycles. The first-order valence-corrected chi connectivity index (χ1v) is 8.86. The molecule has 134 valence electrons. The summed E-state index contributed by atoms with van der Waals surface area (Å²) in [6.07, 6.45) is 6.49. The smallest absolute Gasteiger partial charge is 0.339 e. The second kappa shape index (κ2) is 7.25. The number of amides is 2. The van der Waals surface area contributed by atoms with Gasteiger partial charge in [-0.05, 0) is 37.8 Å². The molecule has 25 heavy (non-hydrogen) atoms. The Hall–Kier alpha value is -2.37. The molecule has 2 aliphatic carbocycles. The third-order valence-corrected chi connectivity index (χ3v) is 5.14. The molecule has 6 heteroatoms. The molecule has 0 saturated heterocycles. The van der Waals surface area contributed by atoms with Crippen molar-refractivity contribution in [3.8, 4) is 0 Å². The predicted octanol–water partition coefficient (Wildman–Crippen LogP) is 2.64. The number of carbonyl (C=O) groups excluding carboxylic acids is 3. The summed E-state index contributed by atoms with van der Waals surface area (Å²) in [7, 11) is 1.29. The zero-order chi connectivity index (χ0) is 17.9. The molecule has 0 aromatic heterocycles. The highest BCUT2D eigenvalue weighted by atomic mass is 16.5. The molecule has 1 aromatic carbocycles. The lowest BCUT2D eigenvalue weighted by atomic mass is 9.94. The topological polar surface area (TPSA) is 84.5 Å². The minimum absolute atomic E-state index is 0.175. The van der Waals surface area contributed by atoms with Gasteiger partial charge in [-0.1, -0.05) is 31.4 Å². The van der Waals surface area contributed by atoms with Gasteiger partial charge in [0.15, 0.2) is 0 Å². The van der Waals surface area contributed by atoms with E-state index >= 15 is 0 Å². The van der Waals surface area contributed by atoms with Crippen LogP contribution < -0.4 is 10.6 Å². The molecule has 2 N–H and O–H groups in total. The van der Waals surface area contributed by atoms with Crippen LogP contribution in [0.1, 0.15) is 55.3 Å². The summed E-state index contributed by atoms with van der Waals surface area (Å²) in [5.41, 5.74) is -0.348. The molecule has 2 amide bonds.